The van der Waals surface area contributed by atoms with Crippen molar-refractivity contribution in [3.63, 3.8) is 0 Å². The van der Waals surface area contributed by atoms with E-state index in [1.807, 2.05) is 11.6 Å². The zero-order chi connectivity index (χ0) is 16.4. The van der Waals surface area contributed by atoms with Crippen LogP contribution in [0.1, 0.15) is 60.8 Å². The molecule has 0 radical (unpaired) electrons. The summed E-state index contributed by atoms with van der Waals surface area (Å²) in [6.07, 6.45) is 3.57. The van der Waals surface area contributed by atoms with Crippen LogP contribution in [0.2, 0.25) is 0 Å². The van der Waals surface area contributed by atoms with Crippen LogP contribution in [0.15, 0.2) is 30.5 Å². The van der Waals surface area contributed by atoms with Crippen molar-refractivity contribution >= 4 is 11.8 Å². The van der Waals surface area contributed by atoms with E-state index in [1.165, 1.54) is 11.1 Å². The lowest BCUT2D eigenvalue weighted by Gasteiger charge is -2.31. The van der Waals surface area contributed by atoms with E-state index < -0.39 is 0 Å². The smallest absolute Gasteiger partial charge is 0.343 e. The van der Waals surface area contributed by atoms with Gasteiger partial charge in [-0.25, -0.2) is 9.48 Å². The molecule has 2 heterocycles. The SMILES string of the molecule is CCOC(=O)c1cnn2c1N[C@@H](c1ccc(CC)cc1)C[C@H]2C. The minimum absolute atomic E-state index is 0.174. The second kappa shape index (κ2) is 6.44. The summed E-state index contributed by atoms with van der Waals surface area (Å²) in [4.78, 5) is 12.1. The molecule has 1 aromatic carbocycles. The van der Waals surface area contributed by atoms with E-state index in [1.54, 1.807) is 6.20 Å². The number of carbonyl (C=O) groups is 1. The predicted molar refractivity (Wildman–Crippen MR) is 89.7 cm³/mol. The first-order chi connectivity index (χ1) is 11.1. The van der Waals surface area contributed by atoms with Gasteiger partial charge in [-0.1, -0.05) is 31.2 Å². The molecule has 2 atom stereocenters. The number of hydrogen-bond acceptors (Lipinski definition) is 4. The second-order valence-electron chi connectivity index (χ2n) is 5.95. The number of benzene rings is 1. The standard InChI is InChI=1S/C18H23N3O2/c1-4-13-6-8-14(9-7-13)16-10-12(3)21-17(20-16)15(11-19-21)18(22)23-5-2/h6-9,11-12,16,20H,4-5,10H2,1-3H3/t12-,16-/m1/s1. The largest absolute Gasteiger partial charge is 0.462 e. The third-order valence-electron chi connectivity index (χ3n) is 4.39. The number of nitrogens with one attached hydrogen (secondary N) is 1. The Labute approximate surface area is 136 Å². The van der Waals surface area contributed by atoms with Crippen molar-refractivity contribution in [2.45, 2.75) is 45.7 Å². The molecule has 0 fully saturated rings. The lowest BCUT2D eigenvalue weighted by Crippen LogP contribution is -2.26. The Morgan fingerprint density at radius 3 is 2.74 bits per heavy atom. The number of fused-ring (bicyclic) bond motifs is 1. The van der Waals surface area contributed by atoms with Crippen LogP contribution in [0.25, 0.3) is 0 Å². The van der Waals surface area contributed by atoms with E-state index in [4.69, 9.17) is 4.74 Å². The number of anilines is 1. The van der Waals surface area contributed by atoms with Crippen LogP contribution in [0.3, 0.4) is 0 Å². The summed E-state index contributed by atoms with van der Waals surface area (Å²) in [6, 6.07) is 9.07. The van der Waals surface area contributed by atoms with Crippen LogP contribution < -0.4 is 5.32 Å². The molecule has 1 aliphatic rings. The fourth-order valence-electron chi connectivity index (χ4n) is 3.07. The third kappa shape index (κ3) is 2.96. The Morgan fingerprint density at radius 2 is 2.09 bits per heavy atom. The number of ether oxygens (including phenoxy) is 1. The van der Waals surface area contributed by atoms with Crippen molar-refractivity contribution in [3.05, 3.63) is 47.2 Å². The van der Waals surface area contributed by atoms with Gasteiger partial charge in [-0.2, -0.15) is 5.10 Å². The van der Waals surface area contributed by atoms with Crippen molar-refractivity contribution in [2.75, 3.05) is 11.9 Å². The molecule has 23 heavy (non-hydrogen) atoms. The highest BCUT2D eigenvalue weighted by atomic mass is 16.5. The molecule has 0 saturated heterocycles. The molecule has 2 aromatic rings. The van der Waals surface area contributed by atoms with E-state index >= 15 is 0 Å². The summed E-state index contributed by atoms with van der Waals surface area (Å²) in [5.74, 6) is 0.433. The lowest BCUT2D eigenvalue weighted by atomic mass is 9.96. The molecular formula is C18H23N3O2. The Morgan fingerprint density at radius 1 is 1.35 bits per heavy atom. The van der Waals surface area contributed by atoms with Gasteiger partial charge >= 0.3 is 5.97 Å². The zero-order valence-corrected chi connectivity index (χ0v) is 13.9. The van der Waals surface area contributed by atoms with E-state index in [9.17, 15) is 4.79 Å². The average molecular weight is 313 g/mol. The van der Waals surface area contributed by atoms with Crippen molar-refractivity contribution in [1.82, 2.24) is 9.78 Å². The van der Waals surface area contributed by atoms with Crippen molar-refractivity contribution in [1.29, 1.82) is 0 Å². The molecule has 0 bridgehead atoms. The molecule has 1 N–H and O–H groups in total. The van der Waals surface area contributed by atoms with Crippen LogP contribution in [-0.2, 0) is 11.2 Å². The van der Waals surface area contributed by atoms with Crippen LogP contribution in [-0.4, -0.2) is 22.4 Å². The molecule has 122 valence electrons. The van der Waals surface area contributed by atoms with Crippen LogP contribution in [0, 0.1) is 0 Å². The first-order valence-corrected chi connectivity index (χ1v) is 8.24. The minimum atomic E-state index is -0.324. The van der Waals surface area contributed by atoms with Gasteiger partial charge in [0.05, 0.1) is 24.9 Å². The fourth-order valence-corrected chi connectivity index (χ4v) is 3.07. The first kappa shape index (κ1) is 15.6. The third-order valence-corrected chi connectivity index (χ3v) is 4.39. The molecular weight excluding hydrogens is 290 g/mol. The van der Waals surface area contributed by atoms with Gasteiger partial charge < -0.3 is 10.1 Å². The summed E-state index contributed by atoms with van der Waals surface area (Å²) in [7, 11) is 0. The number of rotatable bonds is 4. The van der Waals surface area contributed by atoms with Crippen molar-refractivity contribution < 1.29 is 9.53 Å². The van der Waals surface area contributed by atoms with Gasteiger partial charge in [-0.15, -0.1) is 0 Å². The van der Waals surface area contributed by atoms with Crippen molar-refractivity contribution in [2.24, 2.45) is 0 Å². The summed E-state index contributed by atoms with van der Waals surface area (Å²) in [5, 5.41) is 7.82. The maximum atomic E-state index is 12.1. The summed E-state index contributed by atoms with van der Waals surface area (Å²) in [5.41, 5.74) is 3.07. The molecule has 0 unspecified atom stereocenters. The molecule has 5 nitrogen and oxygen atoms in total. The quantitative estimate of drug-likeness (QED) is 0.874. The van der Waals surface area contributed by atoms with E-state index in [0.717, 1.165) is 18.7 Å². The second-order valence-corrected chi connectivity index (χ2v) is 5.95. The van der Waals surface area contributed by atoms with Gasteiger partial charge in [0.15, 0.2) is 0 Å². The Kier molecular flexibility index (Phi) is 4.37. The Balaban J connectivity index is 1.89. The van der Waals surface area contributed by atoms with Gasteiger partial charge in [0.1, 0.15) is 11.4 Å². The van der Waals surface area contributed by atoms with Gasteiger partial charge in [0.2, 0.25) is 0 Å². The molecule has 1 aliphatic heterocycles. The first-order valence-electron chi connectivity index (χ1n) is 8.24. The highest BCUT2D eigenvalue weighted by Crippen LogP contribution is 2.36. The van der Waals surface area contributed by atoms with Gasteiger partial charge in [-0.05, 0) is 37.8 Å². The number of carbonyl (C=O) groups excluding carboxylic acids is 1. The molecule has 0 amide bonds. The monoisotopic (exact) mass is 313 g/mol. The highest BCUT2D eigenvalue weighted by molar-refractivity contribution is 5.94. The van der Waals surface area contributed by atoms with E-state index in [2.05, 4.69) is 48.5 Å². The predicted octanol–water partition coefficient (Wildman–Crippen LogP) is 3.74. The van der Waals surface area contributed by atoms with Crippen LogP contribution in [0.4, 0.5) is 5.82 Å². The summed E-state index contributed by atoms with van der Waals surface area (Å²) >= 11 is 0. The van der Waals surface area contributed by atoms with Gasteiger partial charge in [-0.3, -0.25) is 0 Å². The molecule has 3 rings (SSSR count). The maximum absolute atomic E-state index is 12.1. The Hall–Kier alpha value is -2.30. The molecule has 0 spiro atoms. The normalized spacial score (nSPS) is 19.8. The van der Waals surface area contributed by atoms with Gasteiger partial charge in [0.25, 0.3) is 0 Å². The molecule has 5 heteroatoms. The molecule has 0 saturated carbocycles. The molecule has 0 aliphatic carbocycles. The summed E-state index contributed by atoms with van der Waals surface area (Å²) < 4.78 is 7.00. The minimum Gasteiger partial charge on any atom is -0.462 e. The maximum Gasteiger partial charge on any atom is 0.343 e. The van der Waals surface area contributed by atoms with E-state index in [-0.39, 0.29) is 18.1 Å². The fraction of sp³-hybridized carbons (Fsp3) is 0.444. The average Bonchev–Trinajstić information content (AvgIpc) is 3.00. The van der Waals surface area contributed by atoms with Crippen molar-refractivity contribution in [3.8, 4) is 0 Å². The summed E-state index contributed by atoms with van der Waals surface area (Å²) in [6.45, 7) is 6.45. The van der Waals surface area contributed by atoms with Gasteiger partial charge in [0, 0.05) is 0 Å². The van der Waals surface area contributed by atoms with Crippen LogP contribution in [0.5, 0.6) is 0 Å². The topological polar surface area (TPSA) is 56.1 Å². The number of aromatic nitrogens is 2. The number of esters is 1. The number of nitrogens with zero attached hydrogens (tertiary/aromatic N) is 2. The number of aryl methyl sites for hydroxylation is 1. The molecule has 1 aromatic heterocycles. The lowest BCUT2D eigenvalue weighted by molar-refractivity contribution is 0.0527. The van der Waals surface area contributed by atoms with E-state index in [0.29, 0.717) is 12.2 Å². The Bertz CT molecular complexity index is 691. The highest BCUT2D eigenvalue weighted by Gasteiger charge is 2.29. The number of hydrogen-bond donors (Lipinski definition) is 1. The zero-order valence-electron chi connectivity index (χ0n) is 13.9. The van der Waals surface area contributed by atoms with Crippen LogP contribution >= 0.6 is 0 Å².